The topological polar surface area (TPSA) is 35.6 Å². The minimum Gasteiger partial charge on any atom is -0.352 e. The number of nitrogens with zero attached hydrogens (tertiary/aromatic N) is 2. The summed E-state index contributed by atoms with van der Waals surface area (Å²) in [4.78, 5) is 16.3. The van der Waals surface area contributed by atoms with Gasteiger partial charge in [0.1, 0.15) is 5.54 Å². The molecule has 2 spiro atoms. The van der Waals surface area contributed by atoms with Crippen molar-refractivity contribution < 1.29 is 4.79 Å². The van der Waals surface area contributed by atoms with Crippen molar-refractivity contribution in [3.8, 4) is 0 Å². The highest BCUT2D eigenvalue weighted by Crippen LogP contribution is 2.46. The molecule has 3 saturated heterocycles. The van der Waals surface area contributed by atoms with Crippen molar-refractivity contribution in [1.82, 2.24) is 15.1 Å². The Balaban J connectivity index is 1.85. The molecule has 0 radical (unpaired) electrons. The molecular weight excluding hydrogens is 178 g/mol. The van der Waals surface area contributed by atoms with Crippen LogP contribution in [0.2, 0.25) is 0 Å². The molecule has 1 unspecified atom stereocenters. The molecule has 0 aromatic carbocycles. The average Bonchev–Trinajstić information content (AvgIpc) is 2.40. The lowest BCUT2D eigenvalue weighted by Gasteiger charge is -2.55. The highest BCUT2D eigenvalue weighted by molar-refractivity contribution is 5.93. The largest absolute Gasteiger partial charge is 0.352 e. The van der Waals surface area contributed by atoms with Crippen LogP contribution >= 0.6 is 0 Å². The fourth-order valence-corrected chi connectivity index (χ4v) is 3.40. The first-order chi connectivity index (χ1) is 6.59. The lowest BCUT2D eigenvalue weighted by molar-refractivity contribution is -0.146. The van der Waals surface area contributed by atoms with Gasteiger partial charge in [0.15, 0.2) is 0 Å². The van der Waals surface area contributed by atoms with E-state index in [0.717, 1.165) is 26.1 Å². The average molecular weight is 195 g/mol. The van der Waals surface area contributed by atoms with Gasteiger partial charge < -0.3 is 10.2 Å². The van der Waals surface area contributed by atoms with Gasteiger partial charge in [0.25, 0.3) is 0 Å². The van der Waals surface area contributed by atoms with Gasteiger partial charge in [-0.2, -0.15) is 0 Å². The van der Waals surface area contributed by atoms with Gasteiger partial charge in [-0.05, 0) is 26.9 Å². The molecule has 4 nitrogen and oxygen atoms in total. The number of likely N-dealkylation sites (tertiary alicyclic amines) is 2. The van der Waals surface area contributed by atoms with Gasteiger partial charge in [-0.15, -0.1) is 0 Å². The molecule has 1 atom stereocenters. The number of amides is 1. The summed E-state index contributed by atoms with van der Waals surface area (Å²) in [5, 5.41) is 2.87. The molecule has 78 valence electrons. The molecule has 4 heteroatoms. The molecule has 3 fully saturated rings. The van der Waals surface area contributed by atoms with Crippen molar-refractivity contribution in [2.45, 2.75) is 23.9 Å². The first kappa shape index (κ1) is 8.68. The maximum Gasteiger partial charge on any atom is 0.242 e. The Kier molecular flexibility index (Phi) is 1.43. The molecule has 3 rings (SSSR count). The Hall–Kier alpha value is -0.610. The maximum absolute atomic E-state index is 11.6. The third-order valence-electron chi connectivity index (χ3n) is 4.45. The van der Waals surface area contributed by atoms with E-state index in [1.807, 2.05) is 0 Å². The van der Waals surface area contributed by atoms with E-state index in [-0.39, 0.29) is 11.4 Å². The lowest BCUT2D eigenvalue weighted by Crippen LogP contribution is -2.76. The number of carbonyl (C=O) groups is 1. The molecule has 0 saturated carbocycles. The van der Waals surface area contributed by atoms with E-state index < -0.39 is 0 Å². The maximum atomic E-state index is 11.6. The van der Waals surface area contributed by atoms with Crippen molar-refractivity contribution >= 4 is 5.91 Å². The number of likely N-dealkylation sites (N-methyl/N-ethyl adjacent to an activating group) is 2. The summed E-state index contributed by atoms with van der Waals surface area (Å²) >= 11 is 0. The monoisotopic (exact) mass is 195 g/mol. The van der Waals surface area contributed by atoms with Crippen LogP contribution in [0.15, 0.2) is 0 Å². The first-order valence-electron chi connectivity index (χ1n) is 5.30. The van der Waals surface area contributed by atoms with Crippen LogP contribution in [-0.4, -0.2) is 60.5 Å². The van der Waals surface area contributed by atoms with E-state index in [4.69, 9.17) is 0 Å². The van der Waals surface area contributed by atoms with Crippen molar-refractivity contribution in [1.29, 1.82) is 0 Å². The molecule has 3 heterocycles. The highest BCUT2D eigenvalue weighted by atomic mass is 16.2. The third-order valence-corrected chi connectivity index (χ3v) is 4.45. The Morgan fingerprint density at radius 2 is 2.00 bits per heavy atom. The summed E-state index contributed by atoms with van der Waals surface area (Å²) < 4.78 is 0. The quantitative estimate of drug-likeness (QED) is 0.517. The van der Waals surface area contributed by atoms with E-state index in [1.54, 1.807) is 0 Å². The van der Waals surface area contributed by atoms with Gasteiger partial charge in [-0.25, -0.2) is 0 Å². The predicted molar refractivity (Wildman–Crippen MR) is 53.0 cm³/mol. The number of hydrogen-bond acceptors (Lipinski definition) is 3. The van der Waals surface area contributed by atoms with Crippen molar-refractivity contribution in [2.24, 2.45) is 0 Å². The van der Waals surface area contributed by atoms with Gasteiger partial charge in [0.2, 0.25) is 5.91 Å². The Labute approximate surface area is 84.2 Å². The van der Waals surface area contributed by atoms with Crippen LogP contribution in [0.4, 0.5) is 0 Å². The highest BCUT2D eigenvalue weighted by Gasteiger charge is 2.63. The summed E-state index contributed by atoms with van der Waals surface area (Å²) in [6.07, 6.45) is 2.23. The molecule has 0 aliphatic carbocycles. The third kappa shape index (κ3) is 0.754. The molecule has 0 aromatic rings. The second-order valence-corrected chi connectivity index (χ2v) is 5.17. The SMILES string of the molecule is CN1CC2(CCC3(CNC3=O)N2C)C1. The normalized spacial score (nSPS) is 41.1. The molecule has 1 N–H and O–H groups in total. The van der Waals surface area contributed by atoms with Gasteiger partial charge in [-0.1, -0.05) is 0 Å². The minimum atomic E-state index is -0.138. The van der Waals surface area contributed by atoms with Gasteiger partial charge in [0, 0.05) is 25.2 Å². The summed E-state index contributed by atoms with van der Waals surface area (Å²) in [6, 6.07) is 0. The van der Waals surface area contributed by atoms with Crippen LogP contribution in [0, 0.1) is 0 Å². The molecule has 0 aromatic heterocycles. The van der Waals surface area contributed by atoms with E-state index in [1.165, 1.54) is 6.42 Å². The number of rotatable bonds is 0. The zero-order chi connectivity index (χ0) is 9.97. The molecule has 3 aliphatic heterocycles. The fourth-order valence-electron chi connectivity index (χ4n) is 3.40. The standard InChI is InChI=1S/C10H17N3O/c1-12-6-9(7-12)3-4-10(13(9)2)5-11-8(10)14/h3-7H2,1-2H3,(H,11,14). The first-order valence-corrected chi connectivity index (χ1v) is 5.30. The fraction of sp³-hybridized carbons (Fsp3) is 0.900. The minimum absolute atomic E-state index is 0.138. The van der Waals surface area contributed by atoms with Crippen LogP contribution in [0.25, 0.3) is 0 Å². The summed E-state index contributed by atoms with van der Waals surface area (Å²) in [5.74, 6) is 0.242. The van der Waals surface area contributed by atoms with Gasteiger partial charge in [-0.3, -0.25) is 9.69 Å². The van der Waals surface area contributed by atoms with Crippen LogP contribution in [0.3, 0.4) is 0 Å². The zero-order valence-corrected chi connectivity index (χ0v) is 8.84. The number of hydrogen-bond donors (Lipinski definition) is 1. The second-order valence-electron chi connectivity index (χ2n) is 5.17. The summed E-state index contributed by atoms with van der Waals surface area (Å²) in [6.45, 7) is 3.10. The lowest BCUT2D eigenvalue weighted by atomic mass is 9.88. The number of carbonyl (C=O) groups excluding carboxylic acids is 1. The van der Waals surface area contributed by atoms with Crippen molar-refractivity contribution in [3.05, 3.63) is 0 Å². The Morgan fingerprint density at radius 3 is 2.36 bits per heavy atom. The number of β-lactam (4-membered cyclic amide) rings is 1. The Morgan fingerprint density at radius 1 is 1.29 bits per heavy atom. The predicted octanol–water partition coefficient (Wildman–Crippen LogP) is -0.735. The van der Waals surface area contributed by atoms with E-state index in [9.17, 15) is 4.79 Å². The van der Waals surface area contributed by atoms with E-state index >= 15 is 0 Å². The molecule has 0 bridgehead atoms. The summed E-state index contributed by atoms with van der Waals surface area (Å²) in [7, 11) is 4.27. The number of nitrogens with one attached hydrogen (secondary N) is 1. The van der Waals surface area contributed by atoms with Crippen LogP contribution < -0.4 is 5.32 Å². The van der Waals surface area contributed by atoms with Gasteiger partial charge in [0.05, 0.1) is 0 Å². The van der Waals surface area contributed by atoms with Gasteiger partial charge >= 0.3 is 0 Å². The van der Waals surface area contributed by atoms with Crippen molar-refractivity contribution in [2.75, 3.05) is 33.7 Å². The van der Waals surface area contributed by atoms with Crippen molar-refractivity contribution in [3.63, 3.8) is 0 Å². The molecular formula is C10H17N3O. The zero-order valence-electron chi connectivity index (χ0n) is 8.84. The molecule has 3 aliphatic rings. The molecule has 1 amide bonds. The second kappa shape index (κ2) is 2.31. The van der Waals surface area contributed by atoms with Crippen LogP contribution in [0.5, 0.6) is 0 Å². The molecule has 14 heavy (non-hydrogen) atoms. The summed E-state index contributed by atoms with van der Waals surface area (Å²) in [5.41, 5.74) is 0.174. The van der Waals surface area contributed by atoms with Crippen LogP contribution in [-0.2, 0) is 4.79 Å². The van der Waals surface area contributed by atoms with E-state index in [2.05, 4.69) is 29.2 Å². The van der Waals surface area contributed by atoms with E-state index in [0.29, 0.717) is 5.54 Å². The smallest absolute Gasteiger partial charge is 0.242 e. The Bertz CT molecular complexity index is 298. The van der Waals surface area contributed by atoms with Crippen LogP contribution in [0.1, 0.15) is 12.8 Å².